The molecule has 1 unspecified atom stereocenters. The van der Waals surface area contributed by atoms with Crippen molar-refractivity contribution in [3.8, 4) is 0 Å². The van der Waals surface area contributed by atoms with Gasteiger partial charge in [-0.1, -0.05) is 6.07 Å². The Morgan fingerprint density at radius 1 is 1.36 bits per heavy atom. The van der Waals surface area contributed by atoms with E-state index in [1.54, 1.807) is 0 Å². The molecule has 4 nitrogen and oxygen atoms in total. The van der Waals surface area contributed by atoms with Crippen LogP contribution in [0.5, 0.6) is 0 Å². The van der Waals surface area contributed by atoms with E-state index in [1.165, 1.54) is 19.1 Å². The van der Waals surface area contributed by atoms with Gasteiger partial charge < -0.3 is 10.0 Å². The summed E-state index contributed by atoms with van der Waals surface area (Å²) in [7, 11) is 0. The molecule has 0 saturated carbocycles. The van der Waals surface area contributed by atoms with E-state index in [9.17, 15) is 27.2 Å². The van der Waals surface area contributed by atoms with Gasteiger partial charge in [0.05, 0.1) is 10.4 Å². The number of halogens is 5. The molecule has 9 heteroatoms. The van der Waals surface area contributed by atoms with Crippen LogP contribution in [0.4, 0.5) is 17.6 Å². The van der Waals surface area contributed by atoms with Crippen molar-refractivity contribution in [1.29, 1.82) is 0 Å². The monoisotopic (exact) mass is 385 g/mol. The number of alkyl halides is 3. The lowest BCUT2D eigenvalue weighted by molar-refractivity contribution is -0.166. The van der Waals surface area contributed by atoms with E-state index >= 15 is 0 Å². The van der Waals surface area contributed by atoms with E-state index in [-0.39, 0.29) is 14.9 Å². The van der Waals surface area contributed by atoms with Gasteiger partial charge in [-0.3, -0.25) is 9.59 Å². The number of benzene rings is 1. The first kappa shape index (κ1) is 18.4. The van der Waals surface area contributed by atoms with Crippen molar-refractivity contribution >= 4 is 27.8 Å². The van der Waals surface area contributed by atoms with Gasteiger partial charge in [-0.15, -0.1) is 0 Å². The SMILES string of the molecule is CC(C(=O)N(CC(=O)O)CC(F)(F)F)c1ccc(Br)c(F)c1. The Bertz CT molecular complexity index is 577. The zero-order valence-corrected chi connectivity index (χ0v) is 12.9. The molecule has 0 saturated heterocycles. The number of aliphatic carboxylic acids is 1. The number of carboxylic acid groups (broad SMARTS) is 1. The molecule has 1 rings (SSSR count). The number of amides is 1. The third-order valence-electron chi connectivity index (χ3n) is 2.82. The lowest BCUT2D eigenvalue weighted by atomic mass is 9.99. The average Bonchev–Trinajstić information content (AvgIpc) is 2.37. The topological polar surface area (TPSA) is 57.6 Å². The van der Waals surface area contributed by atoms with Crippen molar-refractivity contribution in [2.75, 3.05) is 13.1 Å². The summed E-state index contributed by atoms with van der Waals surface area (Å²) in [5.41, 5.74) is 0.156. The fourth-order valence-corrected chi connectivity index (χ4v) is 2.04. The molecule has 1 aromatic carbocycles. The first-order valence-electron chi connectivity index (χ1n) is 6.03. The summed E-state index contributed by atoms with van der Waals surface area (Å²) in [6.07, 6.45) is -4.73. The lowest BCUT2D eigenvalue weighted by Gasteiger charge is -2.25. The van der Waals surface area contributed by atoms with Crippen molar-refractivity contribution in [3.63, 3.8) is 0 Å². The van der Waals surface area contributed by atoms with Gasteiger partial charge >= 0.3 is 12.1 Å². The molecule has 0 fully saturated rings. The van der Waals surface area contributed by atoms with Crippen LogP contribution >= 0.6 is 15.9 Å². The normalized spacial score (nSPS) is 12.8. The highest BCUT2D eigenvalue weighted by molar-refractivity contribution is 9.10. The van der Waals surface area contributed by atoms with Crippen molar-refractivity contribution in [1.82, 2.24) is 4.90 Å². The van der Waals surface area contributed by atoms with Crippen LogP contribution in [0.2, 0.25) is 0 Å². The third-order valence-corrected chi connectivity index (χ3v) is 3.47. The Morgan fingerprint density at radius 2 is 1.95 bits per heavy atom. The quantitative estimate of drug-likeness (QED) is 0.792. The maximum absolute atomic E-state index is 13.4. The Kier molecular flexibility index (Phi) is 5.92. The number of carbonyl (C=O) groups is 2. The molecule has 1 amide bonds. The molecule has 0 heterocycles. The first-order valence-corrected chi connectivity index (χ1v) is 6.83. The fourth-order valence-electron chi connectivity index (χ4n) is 1.79. The molecule has 0 aliphatic carbocycles. The summed E-state index contributed by atoms with van der Waals surface area (Å²) in [5.74, 6) is -4.38. The summed E-state index contributed by atoms with van der Waals surface area (Å²) in [6.45, 7) is -1.47. The molecular formula is C13H12BrF4NO3. The van der Waals surface area contributed by atoms with Gasteiger partial charge in [-0.2, -0.15) is 13.2 Å². The van der Waals surface area contributed by atoms with Gasteiger partial charge in [0.1, 0.15) is 18.9 Å². The van der Waals surface area contributed by atoms with Gasteiger partial charge in [0.25, 0.3) is 0 Å². The van der Waals surface area contributed by atoms with E-state index in [0.717, 1.165) is 6.07 Å². The summed E-state index contributed by atoms with van der Waals surface area (Å²) < 4.78 is 50.9. The smallest absolute Gasteiger partial charge is 0.406 e. The van der Waals surface area contributed by atoms with Crippen LogP contribution in [0.1, 0.15) is 18.4 Å². The first-order chi connectivity index (χ1) is 10.0. The Balaban J connectivity index is 3.00. The van der Waals surface area contributed by atoms with Crippen LogP contribution in [-0.4, -0.2) is 41.1 Å². The predicted molar refractivity (Wildman–Crippen MR) is 72.8 cm³/mol. The summed E-state index contributed by atoms with van der Waals surface area (Å²) >= 11 is 2.92. The molecule has 1 N–H and O–H groups in total. The maximum Gasteiger partial charge on any atom is 0.406 e. The van der Waals surface area contributed by atoms with Gasteiger partial charge in [0, 0.05) is 0 Å². The Labute approximate surface area is 131 Å². The van der Waals surface area contributed by atoms with Crippen LogP contribution in [0.15, 0.2) is 22.7 Å². The summed E-state index contributed by atoms with van der Waals surface area (Å²) in [6, 6.07) is 3.71. The number of hydrogen-bond donors (Lipinski definition) is 1. The number of rotatable bonds is 5. The van der Waals surface area contributed by atoms with Gasteiger partial charge in [-0.05, 0) is 40.5 Å². The second-order valence-electron chi connectivity index (χ2n) is 4.60. The second-order valence-corrected chi connectivity index (χ2v) is 5.45. The van der Waals surface area contributed by atoms with Crippen molar-refractivity contribution in [2.24, 2.45) is 0 Å². The van der Waals surface area contributed by atoms with Crippen LogP contribution in [-0.2, 0) is 9.59 Å². The van der Waals surface area contributed by atoms with E-state index in [2.05, 4.69) is 15.9 Å². The highest BCUT2D eigenvalue weighted by Crippen LogP contribution is 2.25. The van der Waals surface area contributed by atoms with Crippen LogP contribution in [0.3, 0.4) is 0 Å². The molecule has 22 heavy (non-hydrogen) atoms. The van der Waals surface area contributed by atoms with Crippen molar-refractivity contribution in [3.05, 3.63) is 34.1 Å². The average molecular weight is 386 g/mol. The van der Waals surface area contributed by atoms with Crippen LogP contribution in [0.25, 0.3) is 0 Å². The largest absolute Gasteiger partial charge is 0.480 e. The minimum Gasteiger partial charge on any atom is -0.480 e. The minimum absolute atomic E-state index is 0.147. The van der Waals surface area contributed by atoms with Gasteiger partial charge in [0.15, 0.2) is 0 Å². The van der Waals surface area contributed by atoms with Crippen molar-refractivity contribution < 1.29 is 32.3 Å². The number of hydrogen-bond acceptors (Lipinski definition) is 2. The molecule has 0 bridgehead atoms. The van der Waals surface area contributed by atoms with Crippen LogP contribution in [0, 0.1) is 5.82 Å². The lowest BCUT2D eigenvalue weighted by Crippen LogP contribution is -2.43. The van der Waals surface area contributed by atoms with Crippen molar-refractivity contribution in [2.45, 2.75) is 19.0 Å². The van der Waals surface area contributed by atoms with E-state index in [1.807, 2.05) is 0 Å². The molecule has 0 aliphatic rings. The maximum atomic E-state index is 13.4. The molecule has 0 aromatic heterocycles. The highest BCUT2D eigenvalue weighted by Gasteiger charge is 2.35. The molecule has 122 valence electrons. The third kappa shape index (κ3) is 5.28. The summed E-state index contributed by atoms with van der Waals surface area (Å²) in [4.78, 5) is 22.9. The highest BCUT2D eigenvalue weighted by atomic mass is 79.9. The van der Waals surface area contributed by atoms with Gasteiger partial charge in [0.2, 0.25) is 5.91 Å². The second kappa shape index (κ2) is 7.08. The Morgan fingerprint density at radius 3 is 2.41 bits per heavy atom. The fraction of sp³-hybridized carbons (Fsp3) is 0.385. The number of carboxylic acids is 1. The molecule has 1 atom stereocenters. The van der Waals surface area contributed by atoms with E-state index < -0.39 is 42.9 Å². The molecule has 0 spiro atoms. The van der Waals surface area contributed by atoms with Gasteiger partial charge in [-0.25, -0.2) is 4.39 Å². The predicted octanol–water partition coefficient (Wildman–Crippen LogP) is 3.17. The van der Waals surface area contributed by atoms with E-state index in [0.29, 0.717) is 0 Å². The standard InChI is InChI=1S/C13H12BrF4NO3/c1-7(8-2-3-9(14)10(15)4-8)12(22)19(5-11(20)21)6-13(16,17)18/h2-4,7H,5-6H2,1H3,(H,20,21). The zero-order chi connectivity index (χ0) is 17.1. The van der Waals surface area contributed by atoms with Crippen LogP contribution < -0.4 is 0 Å². The molecule has 0 radical (unpaired) electrons. The van der Waals surface area contributed by atoms with E-state index in [4.69, 9.17) is 5.11 Å². The number of nitrogens with zero attached hydrogens (tertiary/aromatic N) is 1. The molecule has 0 aliphatic heterocycles. The summed E-state index contributed by atoms with van der Waals surface area (Å²) in [5, 5.41) is 8.64. The zero-order valence-electron chi connectivity index (χ0n) is 11.3. The number of carbonyl (C=O) groups excluding carboxylic acids is 1. The Hall–Kier alpha value is -1.64. The molecule has 1 aromatic rings. The minimum atomic E-state index is -4.73. The molecular weight excluding hydrogens is 374 g/mol.